The molecule has 0 spiro atoms. The van der Waals surface area contributed by atoms with Crippen molar-refractivity contribution in [3.05, 3.63) is 29.8 Å². The summed E-state index contributed by atoms with van der Waals surface area (Å²) in [5.41, 5.74) is 1.22. The molecule has 0 aromatic heterocycles. The molecule has 15 heavy (non-hydrogen) atoms. The first kappa shape index (κ1) is 12.0. The van der Waals surface area contributed by atoms with Crippen LogP contribution in [0.3, 0.4) is 0 Å². The van der Waals surface area contributed by atoms with Crippen LogP contribution in [0.5, 0.6) is 5.75 Å². The smallest absolute Gasteiger partial charge is 0.115 e. The molecule has 1 aromatic rings. The van der Waals surface area contributed by atoms with Crippen molar-refractivity contribution in [3.8, 4) is 5.75 Å². The second-order valence-electron chi connectivity index (χ2n) is 3.75. The van der Waals surface area contributed by atoms with Crippen molar-refractivity contribution >= 4 is 0 Å². The lowest BCUT2D eigenvalue weighted by atomic mass is 10.2. The number of phenols is 1. The monoisotopic (exact) mass is 209 g/mol. The summed E-state index contributed by atoms with van der Waals surface area (Å²) < 4.78 is 5.00. The Labute approximate surface area is 91.3 Å². The molecule has 0 heterocycles. The minimum absolute atomic E-state index is 0.320. The van der Waals surface area contributed by atoms with Gasteiger partial charge in [0.25, 0.3) is 0 Å². The summed E-state index contributed by atoms with van der Waals surface area (Å²) in [4.78, 5) is 2.24. The van der Waals surface area contributed by atoms with Gasteiger partial charge in [0.2, 0.25) is 0 Å². The molecule has 0 aliphatic rings. The van der Waals surface area contributed by atoms with Crippen molar-refractivity contribution in [2.75, 3.05) is 27.3 Å². The van der Waals surface area contributed by atoms with E-state index in [4.69, 9.17) is 9.84 Å². The van der Waals surface area contributed by atoms with Crippen molar-refractivity contribution in [1.82, 2.24) is 4.90 Å². The van der Waals surface area contributed by atoms with Crippen LogP contribution in [0, 0.1) is 0 Å². The van der Waals surface area contributed by atoms with Gasteiger partial charge >= 0.3 is 0 Å². The Morgan fingerprint density at radius 3 is 2.53 bits per heavy atom. The van der Waals surface area contributed by atoms with E-state index in [0.29, 0.717) is 5.75 Å². The van der Waals surface area contributed by atoms with E-state index in [9.17, 15) is 0 Å². The quantitative estimate of drug-likeness (QED) is 0.726. The van der Waals surface area contributed by atoms with E-state index >= 15 is 0 Å². The number of benzene rings is 1. The van der Waals surface area contributed by atoms with E-state index in [1.807, 2.05) is 12.1 Å². The number of nitrogens with zero attached hydrogens (tertiary/aromatic N) is 1. The molecule has 1 rings (SSSR count). The highest BCUT2D eigenvalue weighted by Crippen LogP contribution is 2.10. The third-order valence-electron chi connectivity index (χ3n) is 2.28. The largest absolute Gasteiger partial charge is 0.508 e. The summed E-state index contributed by atoms with van der Waals surface area (Å²) in [7, 11) is 3.81. The molecule has 0 saturated heterocycles. The Kier molecular flexibility index (Phi) is 5.15. The van der Waals surface area contributed by atoms with Crippen LogP contribution >= 0.6 is 0 Å². The van der Waals surface area contributed by atoms with Crippen molar-refractivity contribution in [3.63, 3.8) is 0 Å². The average molecular weight is 209 g/mol. The molecule has 0 aliphatic heterocycles. The van der Waals surface area contributed by atoms with Crippen molar-refractivity contribution in [2.24, 2.45) is 0 Å². The maximum Gasteiger partial charge on any atom is 0.115 e. The van der Waals surface area contributed by atoms with Gasteiger partial charge < -0.3 is 14.7 Å². The Morgan fingerprint density at radius 2 is 1.93 bits per heavy atom. The highest BCUT2D eigenvalue weighted by atomic mass is 16.5. The Balaban J connectivity index is 2.31. The van der Waals surface area contributed by atoms with Crippen molar-refractivity contribution in [2.45, 2.75) is 13.0 Å². The first-order valence-corrected chi connectivity index (χ1v) is 5.18. The fraction of sp³-hybridized carbons (Fsp3) is 0.500. The molecule has 1 N–H and O–H groups in total. The van der Waals surface area contributed by atoms with Gasteiger partial charge in [-0.25, -0.2) is 0 Å². The fourth-order valence-corrected chi connectivity index (χ4v) is 1.47. The molecular weight excluding hydrogens is 190 g/mol. The minimum Gasteiger partial charge on any atom is -0.508 e. The third kappa shape index (κ3) is 4.81. The predicted octanol–water partition coefficient (Wildman–Crippen LogP) is 1.86. The highest BCUT2D eigenvalue weighted by Gasteiger charge is 1.99. The lowest BCUT2D eigenvalue weighted by molar-refractivity contribution is 0.178. The first-order valence-electron chi connectivity index (χ1n) is 5.18. The summed E-state index contributed by atoms with van der Waals surface area (Å²) in [5.74, 6) is 0.320. The molecule has 3 nitrogen and oxygen atoms in total. The number of hydrogen-bond acceptors (Lipinski definition) is 3. The van der Waals surface area contributed by atoms with E-state index in [-0.39, 0.29) is 0 Å². The van der Waals surface area contributed by atoms with Crippen molar-refractivity contribution in [1.29, 1.82) is 0 Å². The predicted molar refractivity (Wildman–Crippen MR) is 60.9 cm³/mol. The van der Waals surface area contributed by atoms with Crippen LogP contribution in [0.2, 0.25) is 0 Å². The average Bonchev–Trinajstić information content (AvgIpc) is 2.22. The standard InChI is InChI=1S/C12H19NO2/c1-13(8-3-9-15-2)10-11-4-6-12(14)7-5-11/h4-7,14H,3,8-10H2,1-2H3. The van der Waals surface area contributed by atoms with Gasteiger partial charge in [-0.05, 0) is 31.2 Å². The van der Waals surface area contributed by atoms with Gasteiger partial charge in [-0.1, -0.05) is 12.1 Å². The summed E-state index contributed by atoms with van der Waals surface area (Å²) in [6.07, 6.45) is 1.05. The molecule has 0 radical (unpaired) electrons. The van der Waals surface area contributed by atoms with Crippen LogP contribution < -0.4 is 0 Å². The zero-order chi connectivity index (χ0) is 11.1. The Hall–Kier alpha value is -1.06. The zero-order valence-electron chi connectivity index (χ0n) is 9.44. The molecule has 0 saturated carbocycles. The molecule has 0 fully saturated rings. The van der Waals surface area contributed by atoms with Gasteiger partial charge in [-0.2, -0.15) is 0 Å². The van der Waals surface area contributed by atoms with E-state index in [1.54, 1.807) is 19.2 Å². The molecule has 0 aliphatic carbocycles. The van der Waals surface area contributed by atoms with Gasteiger partial charge in [0.15, 0.2) is 0 Å². The number of methoxy groups -OCH3 is 1. The lowest BCUT2D eigenvalue weighted by Crippen LogP contribution is -2.20. The third-order valence-corrected chi connectivity index (χ3v) is 2.28. The molecule has 0 amide bonds. The number of hydrogen-bond donors (Lipinski definition) is 1. The van der Waals surface area contributed by atoms with Gasteiger partial charge in [0.05, 0.1) is 0 Å². The van der Waals surface area contributed by atoms with Gasteiger partial charge in [-0.15, -0.1) is 0 Å². The number of rotatable bonds is 6. The minimum atomic E-state index is 0.320. The second-order valence-corrected chi connectivity index (χ2v) is 3.75. The van der Waals surface area contributed by atoms with Gasteiger partial charge in [0, 0.05) is 26.8 Å². The molecule has 3 heteroatoms. The van der Waals surface area contributed by atoms with Gasteiger partial charge in [0.1, 0.15) is 5.75 Å². The summed E-state index contributed by atoms with van der Waals surface area (Å²) >= 11 is 0. The fourth-order valence-electron chi connectivity index (χ4n) is 1.47. The van der Waals surface area contributed by atoms with Crippen LogP contribution in [-0.4, -0.2) is 37.3 Å². The van der Waals surface area contributed by atoms with E-state index in [0.717, 1.165) is 26.1 Å². The molecule has 1 aromatic carbocycles. The van der Waals surface area contributed by atoms with Gasteiger partial charge in [-0.3, -0.25) is 0 Å². The van der Waals surface area contributed by atoms with E-state index in [2.05, 4.69) is 11.9 Å². The lowest BCUT2D eigenvalue weighted by Gasteiger charge is -2.16. The molecular formula is C12H19NO2. The maximum atomic E-state index is 9.13. The molecule has 0 atom stereocenters. The van der Waals surface area contributed by atoms with Crippen LogP contribution in [0.15, 0.2) is 24.3 Å². The SMILES string of the molecule is COCCCN(C)Cc1ccc(O)cc1. The summed E-state index contributed by atoms with van der Waals surface area (Å²) in [5, 5.41) is 9.13. The molecule has 0 unspecified atom stereocenters. The van der Waals surface area contributed by atoms with Crippen LogP contribution in [-0.2, 0) is 11.3 Å². The van der Waals surface area contributed by atoms with E-state index < -0.39 is 0 Å². The normalized spacial score (nSPS) is 10.9. The number of aromatic hydroxyl groups is 1. The second kappa shape index (κ2) is 6.43. The molecule has 84 valence electrons. The summed E-state index contributed by atoms with van der Waals surface area (Å²) in [6.45, 7) is 2.73. The number of phenolic OH excluding ortho intramolecular Hbond substituents is 1. The first-order chi connectivity index (χ1) is 7.22. The topological polar surface area (TPSA) is 32.7 Å². The zero-order valence-corrected chi connectivity index (χ0v) is 9.44. The Morgan fingerprint density at radius 1 is 1.27 bits per heavy atom. The van der Waals surface area contributed by atoms with E-state index in [1.165, 1.54) is 5.56 Å². The highest BCUT2D eigenvalue weighted by molar-refractivity contribution is 5.25. The van der Waals surface area contributed by atoms with Crippen molar-refractivity contribution < 1.29 is 9.84 Å². The summed E-state index contributed by atoms with van der Waals surface area (Å²) in [6, 6.07) is 7.33. The molecule has 0 bridgehead atoms. The van der Waals surface area contributed by atoms with Crippen LogP contribution in [0.1, 0.15) is 12.0 Å². The van der Waals surface area contributed by atoms with Crippen LogP contribution in [0.25, 0.3) is 0 Å². The number of ether oxygens (including phenoxy) is 1. The van der Waals surface area contributed by atoms with Crippen LogP contribution in [0.4, 0.5) is 0 Å². The Bertz CT molecular complexity index is 271. The maximum absolute atomic E-state index is 9.13.